The third-order valence-electron chi connectivity index (χ3n) is 7.26. The number of benzene rings is 3. The maximum Gasteiger partial charge on any atom is 0.346 e. The highest BCUT2D eigenvalue weighted by Gasteiger charge is 2.45. The third kappa shape index (κ3) is 6.02. The molecule has 1 aliphatic heterocycles. The van der Waals surface area contributed by atoms with Gasteiger partial charge in [0.1, 0.15) is 16.9 Å². The lowest BCUT2D eigenvalue weighted by atomic mass is 9.81. The van der Waals surface area contributed by atoms with Crippen LogP contribution in [-0.4, -0.2) is 20.6 Å². The molecular weight excluding hydrogens is 500 g/mol. The Balaban J connectivity index is 1.46. The largest absolute Gasteiger partial charge is 0.511 e. The van der Waals surface area contributed by atoms with Gasteiger partial charge < -0.3 is 19.1 Å². The lowest BCUT2D eigenvalue weighted by Gasteiger charge is -2.38. The summed E-state index contributed by atoms with van der Waals surface area (Å²) >= 11 is 0. The Morgan fingerprint density at radius 3 is 2.10 bits per heavy atom. The van der Waals surface area contributed by atoms with Gasteiger partial charge in [0.05, 0.1) is 25.3 Å². The zero-order chi connectivity index (χ0) is 28.2. The number of esters is 1. The summed E-state index contributed by atoms with van der Waals surface area (Å²) in [5.74, 6) is -0.201. The second-order valence-corrected chi connectivity index (χ2v) is 11.3. The van der Waals surface area contributed by atoms with Gasteiger partial charge in [0.25, 0.3) is 0 Å². The van der Waals surface area contributed by atoms with Gasteiger partial charge in [-0.2, -0.15) is 0 Å². The van der Waals surface area contributed by atoms with Crippen LogP contribution >= 0.6 is 0 Å². The second-order valence-electron chi connectivity index (χ2n) is 11.3. The SMILES string of the molecule is CC(C)(C)n1cc(COCc2ccccc2)nc1C1=C(O)CC(CCc2ccccc2)(c2ccccc2)OC1=O. The van der Waals surface area contributed by atoms with E-state index in [9.17, 15) is 9.90 Å². The maximum absolute atomic E-state index is 13.8. The van der Waals surface area contributed by atoms with Crippen LogP contribution in [0.1, 0.15) is 61.8 Å². The molecule has 0 radical (unpaired) electrons. The van der Waals surface area contributed by atoms with E-state index in [1.165, 1.54) is 0 Å². The number of hydrogen-bond acceptors (Lipinski definition) is 5. The summed E-state index contributed by atoms with van der Waals surface area (Å²) in [6.45, 7) is 6.83. The quantitative estimate of drug-likeness (QED) is 0.231. The van der Waals surface area contributed by atoms with Crippen LogP contribution in [0.25, 0.3) is 5.57 Å². The fraction of sp³-hybridized carbons (Fsp3) is 0.294. The lowest BCUT2D eigenvalue weighted by Crippen LogP contribution is -2.39. The van der Waals surface area contributed by atoms with E-state index in [1.807, 2.05) is 110 Å². The van der Waals surface area contributed by atoms with Gasteiger partial charge in [-0.15, -0.1) is 0 Å². The lowest BCUT2D eigenvalue weighted by molar-refractivity contribution is -0.157. The van der Waals surface area contributed by atoms with Crippen LogP contribution in [-0.2, 0) is 45.0 Å². The van der Waals surface area contributed by atoms with Crippen molar-refractivity contribution in [3.8, 4) is 0 Å². The molecule has 4 aromatic rings. The molecule has 2 heterocycles. The van der Waals surface area contributed by atoms with Gasteiger partial charge in [-0.3, -0.25) is 0 Å². The average Bonchev–Trinajstić information content (AvgIpc) is 3.37. The first kappa shape index (κ1) is 27.4. The minimum absolute atomic E-state index is 0.0129. The van der Waals surface area contributed by atoms with E-state index in [0.717, 1.165) is 16.7 Å². The molecule has 6 nitrogen and oxygen atoms in total. The van der Waals surface area contributed by atoms with Crippen LogP contribution in [0.4, 0.5) is 0 Å². The van der Waals surface area contributed by atoms with Gasteiger partial charge in [0, 0.05) is 11.7 Å². The van der Waals surface area contributed by atoms with Crippen molar-refractivity contribution < 1.29 is 19.4 Å². The predicted molar refractivity (Wildman–Crippen MR) is 155 cm³/mol. The average molecular weight is 537 g/mol. The molecule has 0 fully saturated rings. The van der Waals surface area contributed by atoms with E-state index in [2.05, 4.69) is 12.1 Å². The van der Waals surface area contributed by atoms with Crippen molar-refractivity contribution in [3.05, 3.63) is 131 Å². The normalized spacial score (nSPS) is 17.6. The number of imidazole rings is 1. The number of aliphatic hydroxyl groups is 1. The van der Waals surface area contributed by atoms with Crippen molar-refractivity contribution in [1.82, 2.24) is 9.55 Å². The van der Waals surface area contributed by atoms with Crippen molar-refractivity contribution in [2.75, 3.05) is 0 Å². The number of aliphatic hydroxyl groups excluding tert-OH is 1. The summed E-state index contributed by atoms with van der Waals surface area (Å²) in [6, 6.07) is 29.7. The molecule has 3 aromatic carbocycles. The number of hydrogen-bond donors (Lipinski definition) is 1. The minimum Gasteiger partial charge on any atom is -0.511 e. The molecule has 0 aliphatic carbocycles. The Labute approximate surface area is 235 Å². The summed E-state index contributed by atoms with van der Waals surface area (Å²) in [5, 5.41) is 11.5. The summed E-state index contributed by atoms with van der Waals surface area (Å²) in [4.78, 5) is 18.5. The molecule has 1 aliphatic rings. The van der Waals surface area contributed by atoms with E-state index in [1.54, 1.807) is 0 Å². The van der Waals surface area contributed by atoms with Crippen LogP contribution < -0.4 is 0 Å². The minimum atomic E-state index is -0.984. The molecule has 0 amide bonds. The standard InChI is InChI=1S/C34H36N2O4/c1-33(2,3)36-22-28(24-39-23-26-15-9-5-10-16-26)35-31(36)30-29(37)21-34(40-32(30)38,27-17-11-6-12-18-27)20-19-25-13-7-4-8-14-25/h4-18,22,37H,19-21,23-24H2,1-3H3. The zero-order valence-corrected chi connectivity index (χ0v) is 23.3. The van der Waals surface area contributed by atoms with Crippen LogP contribution in [0.15, 0.2) is 103 Å². The van der Waals surface area contributed by atoms with E-state index in [-0.39, 0.29) is 24.4 Å². The summed E-state index contributed by atoms with van der Waals surface area (Å²) in [7, 11) is 0. The fourth-order valence-corrected chi connectivity index (χ4v) is 5.17. The molecule has 1 aromatic heterocycles. The van der Waals surface area contributed by atoms with E-state index in [4.69, 9.17) is 14.5 Å². The molecule has 1 atom stereocenters. The number of carbonyl (C=O) groups is 1. The molecule has 206 valence electrons. The predicted octanol–water partition coefficient (Wildman–Crippen LogP) is 7.10. The molecule has 0 saturated heterocycles. The van der Waals surface area contributed by atoms with Crippen molar-refractivity contribution in [2.24, 2.45) is 0 Å². The number of ether oxygens (including phenoxy) is 2. The third-order valence-corrected chi connectivity index (χ3v) is 7.26. The Morgan fingerprint density at radius 1 is 0.900 bits per heavy atom. The number of aryl methyl sites for hydroxylation is 1. The maximum atomic E-state index is 13.8. The Bertz CT molecular complexity index is 1470. The van der Waals surface area contributed by atoms with Gasteiger partial charge in [-0.05, 0) is 50.3 Å². The molecule has 40 heavy (non-hydrogen) atoms. The monoisotopic (exact) mass is 536 g/mol. The molecule has 5 rings (SSSR count). The summed E-state index contributed by atoms with van der Waals surface area (Å²) in [6.07, 6.45) is 3.30. The summed E-state index contributed by atoms with van der Waals surface area (Å²) < 4.78 is 14.1. The van der Waals surface area contributed by atoms with Gasteiger partial charge >= 0.3 is 5.97 Å². The van der Waals surface area contributed by atoms with E-state index < -0.39 is 17.1 Å². The van der Waals surface area contributed by atoms with Crippen molar-refractivity contribution in [2.45, 2.75) is 64.4 Å². The molecule has 1 N–H and O–H groups in total. The Kier molecular flexibility index (Phi) is 7.90. The number of aromatic nitrogens is 2. The van der Waals surface area contributed by atoms with E-state index >= 15 is 0 Å². The van der Waals surface area contributed by atoms with E-state index in [0.29, 0.717) is 31.0 Å². The molecular formula is C34H36N2O4. The van der Waals surface area contributed by atoms with Gasteiger partial charge in [-0.25, -0.2) is 9.78 Å². The first-order valence-electron chi connectivity index (χ1n) is 13.7. The zero-order valence-electron chi connectivity index (χ0n) is 23.3. The van der Waals surface area contributed by atoms with Crippen molar-refractivity contribution in [3.63, 3.8) is 0 Å². The smallest absolute Gasteiger partial charge is 0.346 e. The van der Waals surface area contributed by atoms with Crippen LogP contribution in [0.2, 0.25) is 0 Å². The Hall–Kier alpha value is -4.16. The summed E-state index contributed by atoms with van der Waals surface area (Å²) in [5.41, 5.74) is 2.48. The van der Waals surface area contributed by atoms with Crippen molar-refractivity contribution in [1.29, 1.82) is 0 Å². The molecule has 0 saturated carbocycles. The first-order chi connectivity index (χ1) is 19.2. The number of rotatable bonds is 9. The van der Waals surface area contributed by atoms with Crippen molar-refractivity contribution >= 4 is 11.5 Å². The van der Waals surface area contributed by atoms with Crippen LogP contribution in [0.5, 0.6) is 0 Å². The second kappa shape index (κ2) is 11.5. The highest BCUT2D eigenvalue weighted by Crippen LogP contribution is 2.43. The highest BCUT2D eigenvalue weighted by molar-refractivity contribution is 6.16. The topological polar surface area (TPSA) is 73.6 Å². The molecule has 6 heteroatoms. The Morgan fingerprint density at radius 2 is 1.50 bits per heavy atom. The fourth-order valence-electron chi connectivity index (χ4n) is 5.17. The van der Waals surface area contributed by atoms with Crippen LogP contribution in [0, 0.1) is 0 Å². The molecule has 1 unspecified atom stereocenters. The van der Waals surface area contributed by atoms with Gasteiger partial charge in [-0.1, -0.05) is 91.0 Å². The number of nitrogens with zero attached hydrogens (tertiary/aromatic N) is 2. The molecule has 0 bridgehead atoms. The first-order valence-corrected chi connectivity index (χ1v) is 13.7. The van der Waals surface area contributed by atoms with Gasteiger partial charge in [0.15, 0.2) is 5.82 Å². The van der Waals surface area contributed by atoms with Gasteiger partial charge in [0.2, 0.25) is 0 Å². The number of carbonyl (C=O) groups excluding carboxylic acids is 1. The van der Waals surface area contributed by atoms with Crippen LogP contribution in [0.3, 0.4) is 0 Å². The highest BCUT2D eigenvalue weighted by atomic mass is 16.6. The number of cyclic esters (lactones) is 1. The molecule has 0 spiro atoms.